The second-order valence-electron chi connectivity index (χ2n) is 5.69. The molecule has 24 heavy (non-hydrogen) atoms. The number of benzene rings is 2. The standard InChI is InChI=1S/C17H16BN3O3/c1-18(24)14-6-10(2-3-12(14)8-17(22)23)11-4-5-13-15(19)9-20-21-16(13)7-11/h2-7,9,24H,8H2,1H3,(H2,19,21)(H,22,23). The molecule has 0 aliphatic carbocycles. The van der Waals surface area contributed by atoms with Crippen molar-refractivity contribution in [1.82, 2.24) is 10.2 Å². The molecule has 0 unspecified atom stereocenters. The Labute approximate surface area is 139 Å². The zero-order chi connectivity index (χ0) is 17.3. The Morgan fingerprint density at radius 2 is 1.92 bits per heavy atom. The molecule has 4 N–H and O–H groups in total. The first-order chi connectivity index (χ1) is 11.5. The number of nitrogens with zero attached hydrogens (tertiary/aromatic N) is 2. The number of nitrogen functional groups attached to an aromatic ring is 1. The maximum Gasteiger partial charge on any atom is 0.320 e. The van der Waals surface area contributed by atoms with Crippen molar-refractivity contribution in [3.63, 3.8) is 0 Å². The number of carboxylic acids is 1. The van der Waals surface area contributed by atoms with Crippen LogP contribution in [0.25, 0.3) is 22.0 Å². The molecule has 0 fully saturated rings. The van der Waals surface area contributed by atoms with E-state index >= 15 is 0 Å². The smallest absolute Gasteiger partial charge is 0.320 e. The Morgan fingerprint density at radius 1 is 1.21 bits per heavy atom. The summed E-state index contributed by atoms with van der Waals surface area (Å²) in [6.45, 7) is 0.868. The lowest BCUT2D eigenvalue weighted by Gasteiger charge is -2.12. The molecule has 0 spiro atoms. The van der Waals surface area contributed by atoms with Crippen molar-refractivity contribution < 1.29 is 14.9 Å². The summed E-state index contributed by atoms with van der Waals surface area (Å²) in [6, 6.07) is 11.0. The van der Waals surface area contributed by atoms with E-state index in [4.69, 9.17) is 10.8 Å². The second kappa shape index (κ2) is 6.29. The molecular formula is C17H16BN3O3. The van der Waals surface area contributed by atoms with Crippen LogP contribution in [0.5, 0.6) is 0 Å². The molecule has 120 valence electrons. The monoisotopic (exact) mass is 321 g/mol. The summed E-state index contributed by atoms with van der Waals surface area (Å²) < 4.78 is 0. The van der Waals surface area contributed by atoms with Crippen LogP contribution >= 0.6 is 0 Å². The second-order valence-corrected chi connectivity index (χ2v) is 5.69. The maximum atomic E-state index is 11.0. The minimum atomic E-state index is -0.930. The third-order valence-electron chi connectivity index (χ3n) is 3.94. The van der Waals surface area contributed by atoms with Crippen molar-refractivity contribution in [3.05, 3.63) is 48.2 Å². The predicted molar refractivity (Wildman–Crippen MR) is 94.2 cm³/mol. The van der Waals surface area contributed by atoms with Crippen LogP contribution in [0.2, 0.25) is 6.82 Å². The highest BCUT2D eigenvalue weighted by molar-refractivity contribution is 6.65. The number of aromatic nitrogens is 2. The Bertz CT molecular complexity index is 928. The van der Waals surface area contributed by atoms with Gasteiger partial charge in [0.2, 0.25) is 0 Å². The zero-order valence-electron chi connectivity index (χ0n) is 13.1. The highest BCUT2D eigenvalue weighted by Gasteiger charge is 2.16. The van der Waals surface area contributed by atoms with E-state index in [-0.39, 0.29) is 6.42 Å². The van der Waals surface area contributed by atoms with Gasteiger partial charge in [0.1, 0.15) is 0 Å². The Balaban J connectivity index is 2.09. The molecule has 0 amide bonds. The van der Waals surface area contributed by atoms with Gasteiger partial charge in [-0.25, -0.2) is 0 Å². The van der Waals surface area contributed by atoms with Crippen LogP contribution in [0.15, 0.2) is 42.6 Å². The van der Waals surface area contributed by atoms with Crippen molar-refractivity contribution in [2.75, 3.05) is 5.73 Å². The van der Waals surface area contributed by atoms with E-state index in [1.54, 1.807) is 12.9 Å². The minimum Gasteiger partial charge on any atom is -0.481 e. The first-order valence-corrected chi connectivity index (χ1v) is 7.49. The van der Waals surface area contributed by atoms with E-state index in [1.807, 2.05) is 30.3 Å². The van der Waals surface area contributed by atoms with Crippen LogP contribution in [-0.4, -0.2) is 33.2 Å². The lowest BCUT2D eigenvalue weighted by Crippen LogP contribution is -2.31. The number of rotatable bonds is 4. The fraction of sp³-hybridized carbons (Fsp3) is 0.118. The van der Waals surface area contributed by atoms with Crippen LogP contribution in [0.3, 0.4) is 0 Å². The average molecular weight is 321 g/mol. The van der Waals surface area contributed by atoms with Crippen LogP contribution in [-0.2, 0) is 11.2 Å². The molecule has 1 heterocycles. The normalized spacial score (nSPS) is 10.8. The van der Waals surface area contributed by atoms with Gasteiger partial charge in [0.15, 0.2) is 0 Å². The number of anilines is 1. The van der Waals surface area contributed by atoms with Crippen LogP contribution < -0.4 is 11.2 Å². The Hall–Kier alpha value is -2.93. The van der Waals surface area contributed by atoms with E-state index in [2.05, 4.69) is 10.2 Å². The number of nitrogens with two attached hydrogens (primary N) is 1. The molecule has 3 rings (SSSR count). The van der Waals surface area contributed by atoms with Gasteiger partial charge in [-0.2, -0.15) is 10.2 Å². The molecule has 7 heteroatoms. The van der Waals surface area contributed by atoms with Gasteiger partial charge in [0.25, 0.3) is 0 Å². The van der Waals surface area contributed by atoms with Crippen molar-refractivity contribution >= 4 is 34.9 Å². The zero-order valence-corrected chi connectivity index (χ0v) is 13.1. The first-order valence-electron chi connectivity index (χ1n) is 7.49. The molecule has 6 nitrogen and oxygen atoms in total. The number of aliphatic carboxylic acids is 1. The van der Waals surface area contributed by atoms with E-state index in [0.717, 1.165) is 16.5 Å². The number of hydrogen-bond acceptors (Lipinski definition) is 5. The van der Waals surface area contributed by atoms with Gasteiger partial charge in [0, 0.05) is 5.39 Å². The number of fused-ring (bicyclic) bond motifs is 1. The van der Waals surface area contributed by atoms with Crippen molar-refractivity contribution in [1.29, 1.82) is 0 Å². The number of carbonyl (C=O) groups is 1. The van der Waals surface area contributed by atoms with Gasteiger partial charge in [-0.05, 0) is 34.3 Å². The SMILES string of the molecule is CB(O)c1cc(-c2ccc3c(N)cnnc3c2)ccc1CC(=O)O. The lowest BCUT2D eigenvalue weighted by molar-refractivity contribution is -0.136. The summed E-state index contributed by atoms with van der Waals surface area (Å²) in [4.78, 5) is 11.0. The topological polar surface area (TPSA) is 109 Å². The van der Waals surface area contributed by atoms with E-state index in [1.165, 1.54) is 6.20 Å². The van der Waals surface area contributed by atoms with Crippen molar-refractivity contribution in [2.24, 2.45) is 0 Å². The summed E-state index contributed by atoms with van der Waals surface area (Å²) in [6.07, 6.45) is 1.38. The van der Waals surface area contributed by atoms with Crippen LogP contribution in [0, 0.1) is 0 Å². The molecule has 0 radical (unpaired) electrons. The van der Waals surface area contributed by atoms with Crippen LogP contribution in [0.1, 0.15) is 5.56 Å². The third-order valence-corrected chi connectivity index (χ3v) is 3.94. The van der Waals surface area contributed by atoms with E-state index in [9.17, 15) is 9.82 Å². The number of hydrogen-bond donors (Lipinski definition) is 3. The molecule has 3 aromatic rings. The highest BCUT2D eigenvalue weighted by Crippen LogP contribution is 2.25. The highest BCUT2D eigenvalue weighted by atomic mass is 16.4. The van der Waals surface area contributed by atoms with Crippen molar-refractivity contribution in [2.45, 2.75) is 13.2 Å². The van der Waals surface area contributed by atoms with Gasteiger partial charge in [-0.15, -0.1) is 0 Å². The quantitative estimate of drug-likeness (QED) is 0.625. The summed E-state index contributed by atoms with van der Waals surface area (Å²) in [7, 11) is 0. The predicted octanol–water partition coefficient (Wildman–Crippen LogP) is 1.33. The molecule has 0 aliphatic rings. The lowest BCUT2D eigenvalue weighted by atomic mass is 9.61. The molecule has 0 aliphatic heterocycles. The van der Waals surface area contributed by atoms with E-state index in [0.29, 0.717) is 22.2 Å². The van der Waals surface area contributed by atoms with Gasteiger partial charge in [-0.3, -0.25) is 4.79 Å². The van der Waals surface area contributed by atoms with E-state index < -0.39 is 12.9 Å². The van der Waals surface area contributed by atoms with Crippen molar-refractivity contribution in [3.8, 4) is 11.1 Å². The molecule has 2 aromatic carbocycles. The molecule has 1 aromatic heterocycles. The fourth-order valence-electron chi connectivity index (χ4n) is 2.75. The largest absolute Gasteiger partial charge is 0.481 e. The third kappa shape index (κ3) is 3.07. The first kappa shape index (κ1) is 16.0. The average Bonchev–Trinajstić information content (AvgIpc) is 2.54. The summed E-state index contributed by atoms with van der Waals surface area (Å²) in [5, 5.41) is 27.7. The Morgan fingerprint density at radius 3 is 2.62 bits per heavy atom. The molecule has 0 saturated carbocycles. The summed E-state index contributed by atoms with van der Waals surface area (Å²) in [5.41, 5.74) is 10.1. The van der Waals surface area contributed by atoms with Gasteiger partial charge in [0.05, 0.1) is 23.8 Å². The molecule has 0 bridgehead atoms. The van der Waals surface area contributed by atoms with Crippen LogP contribution in [0.4, 0.5) is 5.69 Å². The molecular weight excluding hydrogens is 305 g/mol. The molecule has 0 saturated heterocycles. The van der Waals surface area contributed by atoms with Gasteiger partial charge >= 0.3 is 12.9 Å². The maximum absolute atomic E-state index is 11.0. The molecule has 0 atom stereocenters. The van der Waals surface area contributed by atoms with Gasteiger partial charge < -0.3 is 15.9 Å². The summed E-state index contributed by atoms with van der Waals surface area (Å²) in [5.74, 6) is -0.930. The fourth-order valence-corrected chi connectivity index (χ4v) is 2.75. The van der Waals surface area contributed by atoms with Gasteiger partial charge in [-0.1, -0.05) is 31.1 Å². The Kier molecular flexibility index (Phi) is 4.18. The minimum absolute atomic E-state index is 0.125. The number of carboxylic acid groups (broad SMARTS) is 1. The summed E-state index contributed by atoms with van der Waals surface area (Å²) >= 11 is 0.